The number of nitrogens with zero attached hydrogens (tertiary/aromatic N) is 3. The molecule has 14 nitrogen and oxygen atoms in total. The molecule has 2 N–H and O–H groups in total. The lowest BCUT2D eigenvalue weighted by molar-refractivity contribution is -0.118. The molecule has 0 saturated carbocycles. The quantitative estimate of drug-likeness (QED) is 0.0506. The number of H-pyrrole nitrogens is 1. The number of nitrogens with one attached hydrogen (secondary N) is 2. The van der Waals surface area contributed by atoms with Crippen molar-refractivity contribution < 1.29 is 37.0 Å². The van der Waals surface area contributed by atoms with E-state index in [1.165, 1.54) is 18.1 Å². The van der Waals surface area contributed by atoms with Crippen molar-refractivity contribution in [1.29, 1.82) is 0 Å². The van der Waals surface area contributed by atoms with E-state index in [4.69, 9.17) is 32.7 Å². The number of hydrogen-bond acceptors (Lipinski definition) is 12. The molecule has 0 radical (unpaired) electrons. The van der Waals surface area contributed by atoms with E-state index in [0.717, 1.165) is 16.7 Å². The molecule has 6 aromatic rings. The van der Waals surface area contributed by atoms with Crippen molar-refractivity contribution in [1.82, 2.24) is 19.5 Å². The Labute approximate surface area is 379 Å². The van der Waals surface area contributed by atoms with Gasteiger partial charge in [0.05, 0.1) is 38.5 Å². The number of hydrogen-bond donors (Lipinski definition) is 2. The molecular weight excluding hydrogens is 870 g/mol. The molecule has 0 spiro atoms. The predicted octanol–water partition coefficient (Wildman–Crippen LogP) is 9.87. The fourth-order valence-corrected chi connectivity index (χ4v) is 11.0. The lowest BCUT2D eigenvalue weighted by Crippen LogP contribution is -2.50. The van der Waals surface area contributed by atoms with E-state index in [9.17, 15) is 14.2 Å². The van der Waals surface area contributed by atoms with Crippen molar-refractivity contribution in [3.05, 3.63) is 143 Å². The molecule has 64 heavy (non-hydrogen) atoms. The van der Waals surface area contributed by atoms with E-state index in [-0.39, 0.29) is 40.6 Å². The zero-order valence-electron chi connectivity index (χ0n) is 37.4. The molecular formula is C47H55N5O9PSSi+. The third-order valence-electron chi connectivity index (χ3n) is 11.8. The average molecular weight is 925 g/mol. The largest absolute Gasteiger partial charge is 0.750 e. The zero-order valence-corrected chi connectivity index (χ0v) is 40.1. The maximum absolute atomic E-state index is 14.1. The van der Waals surface area contributed by atoms with Crippen LogP contribution < -0.4 is 24.9 Å². The van der Waals surface area contributed by atoms with Gasteiger partial charge in [0, 0.05) is 10.5 Å². The summed E-state index contributed by atoms with van der Waals surface area (Å²) in [5.74, 6) is 1.02. The molecule has 1 aliphatic heterocycles. The van der Waals surface area contributed by atoms with Crippen LogP contribution in [0, 0.1) is 5.92 Å². The Hall–Kier alpha value is -5.35. The van der Waals surface area contributed by atoms with Gasteiger partial charge in [-0.05, 0) is 71.2 Å². The summed E-state index contributed by atoms with van der Waals surface area (Å²) in [6.45, 7) is 14.3. The SMILES string of the molecule is COc1ccc(C(OC[C@H]2S[C@@H](n3cnc4c(=O)[nH]c(NC(=O)C(C)C)nc43)[C@H](O[P+](=O)Oc3ccccc3)[C@@H]2O[Si](C)(C)C(C)(C)C)(c2ccccc2)c2ccc(OC)cc2)cc1. The predicted molar refractivity (Wildman–Crippen MR) is 252 cm³/mol. The minimum absolute atomic E-state index is 0.0301. The van der Waals surface area contributed by atoms with Gasteiger partial charge in [-0.2, -0.15) is 4.98 Å². The number of rotatable bonds is 17. The van der Waals surface area contributed by atoms with Crippen molar-refractivity contribution in [2.75, 3.05) is 26.1 Å². The number of amides is 1. The topological polar surface area (TPSA) is 165 Å². The third-order valence-corrected chi connectivity index (χ3v) is 18.5. The van der Waals surface area contributed by atoms with E-state index in [0.29, 0.717) is 17.2 Å². The minimum atomic E-state index is -2.78. The maximum Gasteiger partial charge on any atom is 0.750 e. The van der Waals surface area contributed by atoms with Crippen LogP contribution in [0.1, 0.15) is 56.7 Å². The number of aromatic amines is 1. The van der Waals surface area contributed by atoms with E-state index >= 15 is 0 Å². The van der Waals surface area contributed by atoms with E-state index < -0.39 is 50.6 Å². The van der Waals surface area contributed by atoms with E-state index in [1.54, 1.807) is 56.9 Å². The monoisotopic (exact) mass is 924 g/mol. The Balaban J connectivity index is 1.38. The van der Waals surface area contributed by atoms with Crippen molar-refractivity contribution in [3.63, 3.8) is 0 Å². The van der Waals surface area contributed by atoms with Crippen LogP contribution in [0.5, 0.6) is 17.2 Å². The van der Waals surface area contributed by atoms with Crippen LogP contribution in [0.25, 0.3) is 11.2 Å². The maximum atomic E-state index is 14.1. The lowest BCUT2D eigenvalue weighted by Gasteiger charge is -2.41. The molecule has 0 aliphatic carbocycles. The number of carbonyl (C=O) groups excluding carboxylic acids is 1. The molecule has 1 fully saturated rings. The number of carbonyl (C=O) groups is 1. The van der Waals surface area contributed by atoms with Gasteiger partial charge >= 0.3 is 8.25 Å². The highest BCUT2D eigenvalue weighted by atomic mass is 32.2. The van der Waals surface area contributed by atoms with Gasteiger partial charge in [-0.1, -0.05) is 107 Å². The van der Waals surface area contributed by atoms with Gasteiger partial charge in [-0.25, -0.2) is 9.51 Å². The van der Waals surface area contributed by atoms with Crippen LogP contribution in [0.4, 0.5) is 5.95 Å². The van der Waals surface area contributed by atoms with Gasteiger partial charge in [0.2, 0.25) is 11.9 Å². The molecule has 17 heteroatoms. The summed E-state index contributed by atoms with van der Waals surface area (Å²) in [5.41, 5.74) is 1.10. The molecule has 7 rings (SSSR count). The van der Waals surface area contributed by atoms with Crippen molar-refractivity contribution in [2.24, 2.45) is 5.92 Å². The van der Waals surface area contributed by atoms with Crippen LogP contribution >= 0.6 is 20.0 Å². The number of fused-ring (bicyclic) bond motifs is 1. The Bertz CT molecular complexity index is 2560. The lowest BCUT2D eigenvalue weighted by atomic mass is 9.80. The molecule has 2 aromatic heterocycles. The van der Waals surface area contributed by atoms with E-state index in [1.807, 2.05) is 84.9 Å². The summed E-state index contributed by atoms with van der Waals surface area (Å²) in [6, 6.07) is 34.4. The average Bonchev–Trinajstić information content (AvgIpc) is 3.85. The van der Waals surface area contributed by atoms with Gasteiger partial charge in [0.15, 0.2) is 31.3 Å². The summed E-state index contributed by atoms with van der Waals surface area (Å²) < 4.78 is 54.2. The number of para-hydroxylation sites is 1. The molecule has 1 unspecified atom stereocenters. The molecule has 0 bridgehead atoms. The fraction of sp³-hybridized carbons (Fsp3) is 0.362. The zero-order chi connectivity index (χ0) is 45.8. The molecule has 1 amide bonds. The number of ether oxygens (including phenoxy) is 3. The van der Waals surface area contributed by atoms with Crippen LogP contribution in [0.15, 0.2) is 120 Å². The van der Waals surface area contributed by atoms with Gasteiger partial charge in [0.1, 0.15) is 22.5 Å². The molecule has 1 saturated heterocycles. The van der Waals surface area contributed by atoms with Gasteiger partial charge in [-0.3, -0.25) is 24.5 Å². The summed E-state index contributed by atoms with van der Waals surface area (Å²) in [4.78, 5) is 38.1. The van der Waals surface area contributed by atoms with Gasteiger partial charge < -0.3 is 18.6 Å². The molecule has 1 aliphatic rings. The highest BCUT2D eigenvalue weighted by molar-refractivity contribution is 8.00. The molecule has 336 valence electrons. The normalized spacial score (nSPS) is 18.2. The van der Waals surface area contributed by atoms with Crippen LogP contribution in [-0.4, -0.2) is 72.0 Å². The summed E-state index contributed by atoms with van der Waals surface area (Å²) in [7, 11) is -2.16. The van der Waals surface area contributed by atoms with E-state index in [2.05, 4.69) is 49.1 Å². The third kappa shape index (κ3) is 9.82. The van der Waals surface area contributed by atoms with Gasteiger partial charge in [-0.15, -0.1) is 16.3 Å². The number of methoxy groups -OCH3 is 2. The number of imidazole rings is 1. The van der Waals surface area contributed by atoms with Crippen molar-refractivity contribution in [3.8, 4) is 17.2 Å². The standard InChI is InChI=1S/C47H54N5O9PSSi/c1-30(2)42(53)50-45-49-41-38(43(54)51-45)48-29-52(41)44-40(60-62(55)59-36-18-14-11-15-19-36)39(61-64(8,9)46(3,4)5)37(63-44)28-58-47(31-16-12-10-13-17-31,32-20-24-34(56-6)25-21-32)33-22-26-35(57-7)27-23-33/h10-27,29-30,37,39-40,44H,28H2,1-9H3,(H-,49,50,51,53,54)/p+1/t37-,39-,40-,44-/m1/s1. The van der Waals surface area contributed by atoms with Crippen molar-refractivity contribution >= 4 is 51.4 Å². The summed E-state index contributed by atoms with van der Waals surface area (Å²) >= 11 is 1.47. The summed E-state index contributed by atoms with van der Waals surface area (Å²) in [6.07, 6.45) is -0.190. The molecule has 4 aromatic carbocycles. The summed E-state index contributed by atoms with van der Waals surface area (Å²) in [5, 5.41) is 1.25. The number of thioether (sulfide) groups is 1. The Morgan fingerprint density at radius 1 is 0.844 bits per heavy atom. The highest BCUT2D eigenvalue weighted by Gasteiger charge is 2.56. The van der Waals surface area contributed by atoms with Crippen LogP contribution in [0.3, 0.4) is 0 Å². The Morgan fingerprint density at radius 3 is 1.95 bits per heavy atom. The van der Waals surface area contributed by atoms with Crippen molar-refractivity contribution in [2.45, 2.75) is 81.2 Å². The second-order valence-corrected chi connectivity index (χ2v) is 24.3. The number of aromatic nitrogens is 4. The molecule has 3 heterocycles. The first-order valence-electron chi connectivity index (χ1n) is 21.0. The number of anilines is 1. The second kappa shape index (κ2) is 19.4. The minimum Gasteiger partial charge on any atom is -0.497 e. The van der Waals surface area contributed by atoms with Crippen LogP contribution in [-0.2, 0) is 28.6 Å². The smallest absolute Gasteiger partial charge is 0.497 e. The second-order valence-electron chi connectivity index (χ2n) is 17.3. The fourth-order valence-electron chi connectivity index (χ4n) is 7.24. The molecule has 5 atom stereocenters. The Morgan fingerprint density at radius 2 is 1.41 bits per heavy atom. The first-order valence-corrected chi connectivity index (χ1v) is 26.0. The first kappa shape index (κ1) is 46.6. The van der Waals surface area contributed by atoms with Gasteiger partial charge in [0.25, 0.3) is 5.56 Å². The van der Waals surface area contributed by atoms with Crippen LogP contribution in [0.2, 0.25) is 18.1 Å². The number of benzene rings is 4. The highest BCUT2D eigenvalue weighted by Crippen LogP contribution is 2.53. The Kier molecular flexibility index (Phi) is 14.1. The first-order chi connectivity index (χ1) is 30.5.